The summed E-state index contributed by atoms with van der Waals surface area (Å²) >= 11 is 12.3. The van der Waals surface area contributed by atoms with Crippen LogP contribution in [-0.2, 0) is 20.4 Å². The predicted octanol–water partition coefficient (Wildman–Crippen LogP) is 7.20. The van der Waals surface area contributed by atoms with E-state index >= 15 is 0 Å². The average molecular weight is 518 g/mol. The van der Waals surface area contributed by atoms with Gasteiger partial charge in [0.15, 0.2) is 0 Å². The van der Waals surface area contributed by atoms with E-state index in [2.05, 4.69) is 0 Å². The third-order valence-electron chi connectivity index (χ3n) is 5.94. The molecule has 3 atom stereocenters. The first-order valence-corrected chi connectivity index (χ1v) is 11.5. The topological polar surface area (TPSA) is 55.8 Å². The lowest BCUT2D eigenvalue weighted by molar-refractivity contribution is -0.143. The lowest BCUT2D eigenvalue weighted by atomic mass is 9.74. The zero-order valence-corrected chi connectivity index (χ0v) is 20.3. The lowest BCUT2D eigenvalue weighted by Gasteiger charge is -2.42. The summed E-state index contributed by atoms with van der Waals surface area (Å²) < 4.78 is 51.1. The smallest absolute Gasteiger partial charge is 0.416 e. The van der Waals surface area contributed by atoms with Gasteiger partial charge in [-0.05, 0) is 67.3 Å². The normalized spacial score (nSPS) is 18.8. The monoisotopic (exact) mass is 517 g/mol. The molecule has 34 heavy (non-hydrogen) atoms. The molecule has 10 heteroatoms. The molecule has 2 aromatic rings. The molecule has 1 aliphatic rings. The minimum absolute atomic E-state index is 0.108. The van der Waals surface area contributed by atoms with Gasteiger partial charge in [0, 0.05) is 22.0 Å². The Morgan fingerprint density at radius 1 is 1.12 bits per heavy atom. The molecule has 1 aliphatic heterocycles. The van der Waals surface area contributed by atoms with E-state index in [1.165, 1.54) is 24.1 Å². The van der Waals surface area contributed by atoms with Gasteiger partial charge >= 0.3 is 18.2 Å². The third kappa shape index (κ3) is 5.28. The zero-order chi connectivity index (χ0) is 25.2. The molecule has 2 aromatic carbocycles. The number of halogens is 5. The van der Waals surface area contributed by atoms with Crippen molar-refractivity contribution in [3.63, 3.8) is 0 Å². The van der Waals surface area contributed by atoms with Crippen molar-refractivity contribution < 1.29 is 32.2 Å². The third-order valence-corrected chi connectivity index (χ3v) is 6.38. The lowest BCUT2D eigenvalue weighted by Crippen LogP contribution is -2.46. The van der Waals surface area contributed by atoms with Gasteiger partial charge in [0.25, 0.3) is 0 Å². The number of nitrogens with zero attached hydrogens (tertiary/aromatic N) is 1. The van der Waals surface area contributed by atoms with Gasteiger partial charge in [0.05, 0.1) is 30.9 Å². The van der Waals surface area contributed by atoms with Crippen molar-refractivity contribution in [2.75, 3.05) is 18.6 Å². The number of anilines is 1. The number of carbonyl (C=O) groups excluding carboxylic acids is 2. The van der Waals surface area contributed by atoms with Crippen LogP contribution in [0.3, 0.4) is 0 Å². The van der Waals surface area contributed by atoms with Crippen molar-refractivity contribution in [1.82, 2.24) is 0 Å². The molecule has 3 rings (SSSR count). The van der Waals surface area contributed by atoms with Gasteiger partial charge < -0.3 is 9.47 Å². The number of hydrogen-bond acceptors (Lipinski definition) is 4. The molecule has 1 amide bonds. The molecule has 0 aromatic heterocycles. The van der Waals surface area contributed by atoms with E-state index in [1.54, 1.807) is 19.1 Å². The summed E-state index contributed by atoms with van der Waals surface area (Å²) in [5.74, 6) is -2.39. The predicted molar refractivity (Wildman–Crippen MR) is 124 cm³/mol. The van der Waals surface area contributed by atoms with E-state index in [-0.39, 0.29) is 34.3 Å². The van der Waals surface area contributed by atoms with E-state index < -0.39 is 41.7 Å². The van der Waals surface area contributed by atoms with Crippen LogP contribution >= 0.6 is 23.2 Å². The number of esters is 1. The molecule has 0 spiro atoms. The summed E-state index contributed by atoms with van der Waals surface area (Å²) in [5, 5.41) is 0.549. The van der Waals surface area contributed by atoms with Crippen LogP contribution in [0.15, 0.2) is 36.4 Å². The quantitative estimate of drug-likeness (QED) is 0.393. The van der Waals surface area contributed by atoms with Crippen LogP contribution in [0.5, 0.6) is 0 Å². The van der Waals surface area contributed by atoms with Gasteiger partial charge in [-0.2, -0.15) is 13.2 Å². The average Bonchev–Trinajstić information content (AvgIpc) is 2.77. The summed E-state index contributed by atoms with van der Waals surface area (Å²) in [5.41, 5.74) is -0.0180. The number of amides is 1. The molecular formula is C24H24Cl2F3NO4. The maximum absolute atomic E-state index is 13.6. The number of hydrogen-bond donors (Lipinski definition) is 0. The van der Waals surface area contributed by atoms with Crippen LogP contribution in [0.25, 0.3) is 0 Å². The first-order chi connectivity index (χ1) is 16.0. The molecule has 0 unspecified atom stereocenters. The number of carbonyl (C=O) groups is 2. The molecule has 0 N–H and O–H groups in total. The van der Waals surface area contributed by atoms with Gasteiger partial charge in [-0.1, -0.05) is 30.1 Å². The highest BCUT2D eigenvalue weighted by molar-refractivity contribution is 6.34. The Labute approximate surface area is 205 Å². The van der Waals surface area contributed by atoms with Crippen LogP contribution in [-0.4, -0.2) is 31.8 Å². The van der Waals surface area contributed by atoms with Crippen molar-refractivity contribution in [2.45, 2.75) is 50.7 Å². The second-order valence-corrected chi connectivity index (χ2v) is 8.82. The number of fused-ring (bicyclic) bond motifs is 1. The first kappa shape index (κ1) is 26.2. The maximum Gasteiger partial charge on any atom is 0.416 e. The minimum Gasteiger partial charge on any atom is -0.469 e. The number of rotatable bonds is 5. The Balaban J connectivity index is 2.27. The van der Waals surface area contributed by atoms with E-state index in [4.69, 9.17) is 32.7 Å². The Kier molecular flexibility index (Phi) is 8.03. The van der Waals surface area contributed by atoms with Gasteiger partial charge in [-0.3, -0.25) is 9.69 Å². The molecule has 184 valence electrons. The highest BCUT2D eigenvalue weighted by Crippen LogP contribution is 2.49. The van der Waals surface area contributed by atoms with E-state index in [0.717, 1.165) is 12.1 Å². The second kappa shape index (κ2) is 10.4. The Bertz CT molecular complexity index is 1060. The van der Waals surface area contributed by atoms with Crippen LogP contribution in [0, 0.1) is 0 Å². The number of ether oxygens (including phenoxy) is 2. The van der Waals surface area contributed by atoms with Crippen molar-refractivity contribution in [3.05, 3.63) is 63.1 Å². The van der Waals surface area contributed by atoms with E-state index in [9.17, 15) is 22.8 Å². The molecule has 0 saturated heterocycles. The number of alkyl halides is 3. The summed E-state index contributed by atoms with van der Waals surface area (Å²) in [6.45, 7) is 3.61. The SMILES string of the molecule is CCOC(=O)N1c2ccc(C(F)(F)F)cc2[C@@H]([C@H](C(=O)OC)c2cc(Cl)cc(Cl)c2)C[C@H]1CC. The molecular weight excluding hydrogens is 494 g/mol. The van der Waals surface area contributed by atoms with Gasteiger partial charge in [-0.25, -0.2) is 4.79 Å². The fourth-order valence-electron chi connectivity index (χ4n) is 4.49. The molecule has 0 bridgehead atoms. The summed E-state index contributed by atoms with van der Waals surface area (Å²) in [6, 6.07) is 7.32. The van der Waals surface area contributed by atoms with Crippen molar-refractivity contribution in [1.29, 1.82) is 0 Å². The van der Waals surface area contributed by atoms with Crippen LogP contribution in [0.1, 0.15) is 55.2 Å². The molecule has 0 aliphatic carbocycles. The first-order valence-electron chi connectivity index (χ1n) is 10.7. The fraction of sp³-hybridized carbons (Fsp3) is 0.417. The van der Waals surface area contributed by atoms with Crippen molar-refractivity contribution >= 4 is 41.0 Å². The van der Waals surface area contributed by atoms with Crippen LogP contribution in [0.2, 0.25) is 10.0 Å². The molecule has 1 heterocycles. The van der Waals surface area contributed by atoms with Gasteiger partial charge in [0.1, 0.15) is 0 Å². The Hall–Kier alpha value is -2.45. The van der Waals surface area contributed by atoms with Crippen LogP contribution < -0.4 is 4.90 Å². The summed E-state index contributed by atoms with van der Waals surface area (Å²) in [7, 11) is 1.21. The van der Waals surface area contributed by atoms with E-state index in [1.807, 2.05) is 6.92 Å². The Morgan fingerprint density at radius 3 is 2.29 bits per heavy atom. The fourth-order valence-corrected chi connectivity index (χ4v) is 5.03. The van der Waals surface area contributed by atoms with Crippen molar-refractivity contribution in [3.8, 4) is 0 Å². The van der Waals surface area contributed by atoms with Crippen molar-refractivity contribution in [2.24, 2.45) is 0 Å². The second-order valence-electron chi connectivity index (χ2n) is 7.95. The standard InChI is InChI=1S/C24H24Cl2F3NO4/c1-4-17-12-19(21(22(31)33-3)13-8-15(25)11-16(26)9-13)18-10-14(24(27,28)29)6-7-20(18)30(17)23(32)34-5-2/h6-11,17,19,21H,4-5,12H2,1-3H3/t17-,19+,21-/m1/s1. The number of methoxy groups -OCH3 is 1. The zero-order valence-electron chi connectivity index (χ0n) is 18.8. The number of benzene rings is 2. The van der Waals surface area contributed by atoms with Gasteiger partial charge in [0.2, 0.25) is 0 Å². The van der Waals surface area contributed by atoms with Crippen LogP contribution in [0.4, 0.5) is 23.7 Å². The molecule has 0 fully saturated rings. The molecule has 0 radical (unpaired) electrons. The summed E-state index contributed by atoms with van der Waals surface area (Å²) in [4.78, 5) is 27.2. The highest BCUT2D eigenvalue weighted by atomic mass is 35.5. The minimum atomic E-state index is -4.62. The Morgan fingerprint density at radius 2 is 1.76 bits per heavy atom. The maximum atomic E-state index is 13.6. The van der Waals surface area contributed by atoms with E-state index in [0.29, 0.717) is 12.0 Å². The molecule has 0 saturated carbocycles. The highest BCUT2D eigenvalue weighted by Gasteiger charge is 2.44. The summed E-state index contributed by atoms with van der Waals surface area (Å²) in [6.07, 6.45) is -4.59. The van der Waals surface area contributed by atoms with Gasteiger partial charge in [-0.15, -0.1) is 0 Å². The molecule has 5 nitrogen and oxygen atoms in total. The largest absolute Gasteiger partial charge is 0.469 e.